The van der Waals surface area contributed by atoms with Crippen LogP contribution in [0.5, 0.6) is 0 Å². The zero-order valence-corrected chi connectivity index (χ0v) is 20.4. The van der Waals surface area contributed by atoms with Crippen LogP contribution in [0.4, 0.5) is 0 Å². The maximum atomic E-state index is 14.1. The molecular weight excluding hydrogens is 424 g/mol. The summed E-state index contributed by atoms with van der Waals surface area (Å²) >= 11 is 0. The van der Waals surface area contributed by atoms with E-state index in [2.05, 4.69) is 0 Å². The molecule has 2 aliphatic rings. The summed E-state index contributed by atoms with van der Waals surface area (Å²) in [7, 11) is 0. The second-order valence-corrected chi connectivity index (χ2v) is 10.5. The molecule has 0 spiro atoms. The molecule has 2 fully saturated rings. The number of hydrogen-bond donors (Lipinski definition) is 0. The molecule has 1 aromatic carbocycles. The summed E-state index contributed by atoms with van der Waals surface area (Å²) in [6.45, 7) is 12.0. The Hall–Kier alpha value is -2.48. The molecule has 0 N–H and O–H groups in total. The van der Waals surface area contributed by atoms with Crippen LogP contribution in [0, 0.1) is 33.3 Å². The number of benzene rings is 1. The van der Waals surface area contributed by atoms with Crippen molar-refractivity contribution in [3.8, 4) is 0 Å². The van der Waals surface area contributed by atoms with Gasteiger partial charge in [0, 0.05) is 11.5 Å². The van der Waals surface area contributed by atoms with Crippen LogP contribution in [0.3, 0.4) is 0 Å². The second kappa shape index (κ2) is 9.79. The summed E-state index contributed by atoms with van der Waals surface area (Å²) in [5.41, 5.74) is -0.00160. The molecular formula is C25H36N2O6. The van der Waals surface area contributed by atoms with E-state index >= 15 is 0 Å². The minimum atomic E-state index is -1.16. The quantitative estimate of drug-likeness (QED) is 0.363. The van der Waals surface area contributed by atoms with Crippen molar-refractivity contribution in [1.82, 2.24) is 4.90 Å². The van der Waals surface area contributed by atoms with Crippen LogP contribution in [-0.4, -0.2) is 53.1 Å². The molecule has 2 aliphatic heterocycles. The van der Waals surface area contributed by atoms with Gasteiger partial charge in [-0.1, -0.05) is 65.0 Å². The lowest BCUT2D eigenvalue weighted by Gasteiger charge is -2.35. The molecule has 2 saturated heterocycles. The van der Waals surface area contributed by atoms with Crippen molar-refractivity contribution >= 4 is 11.9 Å². The van der Waals surface area contributed by atoms with Crippen LogP contribution < -0.4 is 0 Å². The minimum absolute atomic E-state index is 0.0143. The molecule has 1 amide bonds. The van der Waals surface area contributed by atoms with Crippen molar-refractivity contribution in [2.75, 3.05) is 13.2 Å². The van der Waals surface area contributed by atoms with Gasteiger partial charge in [-0.15, -0.1) is 0 Å². The molecule has 8 heteroatoms. The van der Waals surface area contributed by atoms with Gasteiger partial charge in [0.15, 0.2) is 0 Å². The van der Waals surface area contributed by atoms with Crippen LogP contribution in [0.25, 0.3) is 0 Å². The van der Waals surface area contributed by atoms with Gasteiger partial charge in [-0.2, -0.15) is 0 Å². The summed E-state index contributed by atoms with van der Waals surface area (Å²) in [5, 5.41) is 12.5. The van der Waals surface area contributed by atoms with Crippen LogP contribution in [0.15, 0.2) is 30.3 Å². The third-order valence-corrected chi connectivity index (χ3v) is 7.04. The van der Waals surface area contributed by atoms with Crippen LogP contribution in [-0.2, 0) is 19.1 Å². The van der Waals surface area contributed by atoms with Gasteiger partial charge in [-0.3, -0.25) is 14.9 Å². The fraction of sp³-hybridized carbons (Fsp3) is 0.680. The van der Waals surface area contributed by atoms with Crippen molar-refractivity contribution in [3.63, 3.8) is 0 Å². The molecule has 0 bridgehead atoms. The number of nitrogens with zero attached hydrogens (tertiary/aromatic N) is 2. The normalized spacial score (nSPS) is 30.0. The van der Waals surface area contributed by atoms with Crippen molar-refractivity contribution in [3.05, 3.63) is 46.0 Å². The van der Waals surface area contributed by atoms with Crippen molar-refractivity contribution in [1.29, 1.82) is 0 Å². The van der Waals surface area contributed by atoms with Crippen LogP contribution in [0.2, 0.25) is 0 Å². The van der Waals surface area contributed by atoms with Gasteiger partial charge in [-0.05, 0) is 36.2 Å². The molecule has 0 unspecified atom stereocenters. The molecule has 2 heterocycles. The molecule has 1 aromatic rings. The lowest BCUT2D eigenvalue weighted by Crippen LogP contribution is -2.52. The number of rotatable bonds is 6. The third kappa shape index (κ3) is 4.76. The SMILES string of the molecule is CCOC(=O)[C@@H]1[C@@H](C(C)(C)C)[C@H]([N+](=O)[O-])[C@H](c2ccccc2)N1C(=O)[C@@H]1OCC[C@@H]1C(C)C. The number of amides is 1. The van der Waals surface area contributed by atoms with Crippen LogP contribution >= 0.6 is 0 Å². The molecule has 33 heavy (non-hydrogen) atoms. The van der Waals surface area contributed by atoms with E-state index in [0.29, 0.717) is 12.2 Å². The molecule has 182 valence electrons. The number of carbonyl (C=O) groups excluding carboxylic acids is 2. The Bertz CT molecular complexity index is 865. The Morgan fingerprint density at radius 1 is 1.24 bits per heavy atom. The summed E-state index contributed by atoms with van der Waals surface area (Å²) in [5.74, 6) is -1.52. The molecule has 0 radical (unpaired) electrons. The van der Waals surface area contributed by atoms with Crippen molar-refractivity contribution in [2.45, 2.75) is 72.2 Å². The van der Waals surface area contributed by atoms with Crippen LogP contribution in [0.1, 0.15) is 59.6 Å². The zero-order valence-electron chi connectivity index (χ0n) is 20.4. The third-order valence-electron chi connectivity index (χ3n) is 7.04. The molecule has 3 rings (SSSR count). The van der Waals surface area contributed by atoms with Gasteiger partial charge >= 0.3 is 5.97 Å². The molecule has 6 atom stereocenters. The van der Waals surface area contributed by atoms with E-state index in [-0.39, 0.29) is 29.3 Å². The number of nitro groups is 1. The highest BCUT2D eigenvalue weighted by molar-refractivity contribution is 5.89. The highest BCUT2D eigenvalue weighted by Gasteiger charge is 2.65. The highest BCUT2D eigenvalue weighted by atomic mass is 16.6. The Labute approximate surface area is 195 Å². The Morgan fingerprint density at radius 2 is 1.88 bits per heavy atom. The maximum absolute atomic E-state index is 14.1. The first-order chi connectivity index (χ1) is 15.5. The van der Waals surface area contributed by atoms with Gasteiger partial charge in [0.05, 0.1) is 12.5 Å². The average molecular weight is 461 g/mol. The van der Waals surface area contributed by atoms with Crippen molar-refractivity contribution < 1.29 is 24.0 Å². The molecule has 0 aromatic heterocycles. The van der Waals surface area contributed by atoms with Crippen molar-refractivity contribution in [2.24, 2.45) is 23.2 Å². The monoisotopic (exact) mass is 460 g/mol. The largest absolute Gasteiger partial charge is 0.464 e. The molecule has 0 saturated carbocycles. The van der Waals surface area contributed by atoms with E-state index in [0.717, 1.165) is 6.42 Å². The zero-order chi connectivity index (χ0) is 24.5. The summed E-state index contributed by atoms with van der Waals surface area (Å²) in [4.78, 5) is 41.0. The first-order valence-electron chi connectivity index (χ1n) is 11.8. The number of ether oxygens (including phenoxy) is 2. The van der Waals surface area contributed by atoms with Gasteiger partial charge < -0.3 is 14.4 Å². The summed E-state index contributed by atoms with van der Waals surface area (Å²) in [6, 6.07) is 5.84. The van der Waals surface area contributed by atoms with Gasteiger partial charge in [0.1, 0.15) is 18.2 Å². The summed E-state index contributed by atoms with van der Waals surface area (Å²) in [6.07, 6.45) is 0.00264. The molecule has 8 nitrogen and oxygen atoms in total. The van der Waals surface area contributed by atoms with Gasteiger partial charge in [-0.25, -0.2) is 4.79 Å². The number of carbonyl (C=O) groups is 2. The number of esters is 1. The topological polar surface area (TPSA) is 99.0 Å². The van der Waals surface area contributed by atoms with E-state index in [1.165, 1.54) is 4.90 Å². The predicted octanol–water partition coefficient (Wildman–Crippen LogP) is 3.87. The number of hydrogen-bond acceptors (Lipinski definition) is 6. The fourth-order valence-electron chi connectivity index (χ4n) is 5.59. The van der Waals surface area contributed by atoms with E-state index < -0.39 is 41.5 Å². The predicted molar refractivity (Wildman–Crippen MR) is 123 cm³/mol. The Balaban J connectivity index is 2.21. The fourth-order valence-corrected chi connectivity index (χ4v) is 5.59. The summed E-state index contributed by atoms with van der Waals surface area (Å²) < 4.78 is 11.3. The smallest absolute Gasteiger partial charge is 0.329 e. The molecule has 0 aliphatic carbocycles. The lowest BCUT2D eigenvalue weighted by molar-refractivity contribution is -0.536. The maximum Gasteiger partial charge on any atom is 0.329 e. The number of likely N-dealkylation sites (tertiary alicyclic amines) is 1. The Kier molecular flexibility index (Phi) is 7.46. The van der Waals surface area contributed by atoms with E-state index in [4.69, 9.17) is 9.47 Å². The first kappa shape index (κ1) is 25.1. The van der Waals surface area contributed by atoms with Gasteiger partial charge in [0.25, 0.3) is 5.91 Å². The van der Waals surface area contributed by atoms with E-state index in [1.54, 1.807) is 31.2 Å². The standard InChI is InChI=1S/C25H36N2O6/c1-7-32-24(29)21-18(25(4,5)6)20(27(30)31)19(16-11-9-8-10-12-16)26(21)23(28)22-17(15(2)3)13-14-33-22/h8-12,15,17-22H,7,13-14H2,1-6H3/t17-,18+,19+,20+,21+,22-/m1/s1. The average Bonchev–Trinajstić information content (AvgIpc) is 3.37. The second-order valence-electron chi connectivity index (χ2n) is 10.5. The lowest BCUT2D eigenvalue weighted by atomic mass is 9.73. The minimum Gasteiger partial charge on any atom is -0.464 e. The van der Waals surface area contributed by atoms with Gasteiger partial charge in [0.2, 0.25) is 6.04 Å². The first-order valence-corrected chi connectivity index (χ1v) is 11.8. The highest BCUT2D eigenvalue weighted by Crippen LogP contribution is 2.50. The van der Waals surface area contributed by atoms with E-state index in [1.807, 2.05) is 40.7 Å². The Morgan fingerprint density at radius 3 is 2.39 bits per heavy atom. The van der Waals surface area contributed by atoms with E-state index in [9.17, 15) is 19.7 Å².